The standard InChI is InChI=1S/C14H11IO2/c15-13-9-5-4-8-12(13)10-17-14(16)11-6-2-1-3-7-11/h1-9H,10H2. The molecule has 2 nitrogen and oxygen atoms in total. The van der Waals surface area contributed by atoms with Crippen LogP contribution in [-0.2, 0) is 11.3 Å². The molecule has 0 bridgehead atoms. The molecule has 0 aliphatic carbocycles. The maximum absolute atomic E-state index is 11.7. The van der Waals surface area contributed by atoms with Gasteiger partial charge in [0.05, 0.1) is 5.56 Å². The van der Waals surface area contributed by atoms with Gasteiger partial charge in [0.2, 0.25) is 0 Å². The van der Waals surface area contributed by atoms with E-state index in [1.54, 1.807) is 12.1 Å². The van der Waals surface area contributed by atoms with E-state index in [4.69, 9.17) is 4.74 Å². The van der Waals surface area contributed by atoms with Gasteiger partial charge in [-0.1, -0.05) is 36.4 Å². The topological polar surface area (TPSA) is 26.3 Å². The van der Waals surface area contributed by atoms with Gasteiger partial charge in [0, 0.05) is 9.13 Å². The van der Waals surface area contributed by atoms with E-state index in [-0.39, 0.29) is 5.97 Å². The summed E-state index contributed by atoms with van der Waals surface area (Å²) in [6.07, 6.45) is 0. The summed E-state index contributed by atoms with van der Waals surface area (Å²) in [5, 5.41) is 0. The predicted octanol–water partition coefficient (Wildman–Crippen LogP) is 3.65. The van der Waals surface area contributed by atoms with Crippen LogP contribution >= 0.6 is 22.6 Å². The number of benzene rings is 2. The molecule has 2 aromatic carbocycles. The maximum atomic E-state index is 11.7. The first-order valence-electron chi connectivity index (χ1n) is 5.23. The monoisotopic (exact) mass is 338 g/mol. The Morgan fingerprint density at radius 1 is 1.00 bits per heavy atom. The van der Waals surface area contributed by atoms with Gasteiger partial charge in [0.25, 0.3) is 0 Å². The fourth-order valence-corrected chi connectivity index (χ4v) is 1.96. The van der Waals surface area contributed by atoms with Crippen molar-refractivity contribution in [2.24, 2.45) is 0 Å². The van der Waals surface area contributed by atoms with Crippen LogP contribution in [0.5, 0.6) is 0 Å². The molecule has 17 heavy (non-hydrogen) atoms. The van der Waals surface area contributed by atoms with Crippen LogP contribution in [0.1, 0.15) is 15.9 Å². The Labute approximate surface area is 114 Å². The Kier molecular flexibility index (Phi) is 4.14. The first kappa shape index (κ1) is 12.1. The molecule has 0 aliphatic heterocycles. The minimum Gasteiger partial charge on any atom is -0.457 e. The molecular weight excluding hydrogens is 327 g/mol. The van der Waals surface area contributed by atoms with Crippen molar-refractivity contribution in [2.75, 3.05) is 0 Å². The molecule has 0 saturated heterocycles. The van der Waals surface area contributed by atoms with Crippen molar-refractivity contribution in [1.82, 2.24) is 0 Å². The number of carbonyl (C=O) groups is 1. The Hall–Kier alpha value is -1.36. The number of ether oxygens (including phenoxy) is 1. The number of halogens is 1. The van der Waals surface area contributed by atoms with E-state index in [9.17, 15) is 4.79 Å². The first-order chi connectivity index (χ1) is 8.27. The second-order valence-electron chi connectivity index (χ2n) is 3.53. The second-order valence-corrected chi connectivity index (χ2v) is 4.70. The molecule has 0 heterocycles. The van der Waals surface area contributed by atoms with E-state index in [2.05, 4.69) is 22.6 Å². The maximum Gasteiger partial charge on any atom is 0.338 e. The molecule has 86 valence electrons. The fourth-order valence-electron chi connectivity index (χ4n) is 1.42. The molecule has 0 fully saturated rings. The molecule has 0 atom stereocenters. The molecule has 0 amide bonds. The lowest BCUT2D eigenvalue weighted by Gasteiger charge is -2.06. The van der Waals surface area contributed by atoms with Crippen molar-refractivity contribution in [3.05, 3.63) is 69.3 Å². The smallest absolute Gasteiger partial charge is 0.338 e. The minimum absolute atomic E-state index is 0.287. The highest BCUT2D eigenvalue weighted by Crippen LogP contribution is 2.13. The quantitative estimate of drug-likeness (QED) is 0.631. The lowest BCUT2D eigenvalue weighted by atomic mass is 10.2. The van der Waals surface area contributed by atoms with Crippen molar-refractivity contribution in [3.63, 3.8) is 0 Å². The summed E-state index contributed by atoms with van der Waals surface area (Å²) in [6, 6.07) is 16.9. The van der Waals surface area contributed by atoms with Crippen LogP contribution in [0, 0.1) is 3.57 Å². The van der Waals surface area contributed by atoms with E-state index in [1.807, 2.05) is 42.5 Å². The first-order valence-corrected chi connectivity index (χ1v) is 6.31. The summed E-state index contributed by atoms with van der Waals surface area (Å²) >= 11 is 2.23. The molecule has 0 unspecified atom stereocenters. The van der Waals surface area contributed by atoms with Crippen molar-refractivity contribution in [2.45, 2.75) is 6.61 Å². The van der Waals surface area contributed by atoms with Crippen molar-refractivity contribution in [1.29, 1.82) is 0 Å². The fraction of sp³-hybridized carbons (Fsp3) is 0.0714. The zero-order chi connectivity index (χ0) is 12.1. The van der Waals surface area contributed by atoms with Crippen LogP contribution < -0.4 is 0 Å². The van der Waals surface area contributed by atoms with E-state index in [0.717, 1.165) is 9.13 Å². The van der Waals surface area contributed by atoms with Gasteiger partial charge < -0.3 is 4.74 Å². The van der Waals surface area contributed by atoms with Gasteiger partial charge in [-0.3, -0.25) is 0 Å². The van der Waals surface area contributed by atoms with Crippen LogP contribution in [0.25, 0.3) is 0 Å². The van der Waals surface area contributed by atoms with Crippen LogP contribution in [-0.4, -0.2) is 5.97 Å². The lowest BCUT2D eigenvalue weighted by molar-refractivity contribution is 0.0472. The van der Waals surface area contributed by atoms with Gasteiger partial charge in [-0.05, 0) is 40.8 Å². The largest absolute Gasteiger partial charge is 0.457 e. The summed E-state index contributed by atoms with van der Waals surface area (Å²) in [4.78, 5) is 11.7. The highest BCUT2D eigenvalue weighted by molar-refractivity contribution is 14.1. The zero-order valence-corrected chi connectivity index (χ0v) is 11.3. The highest BCUT2D eigenvalue weighted by Gasteiger charge is 2.07. The number of hydrogen-bond acceptors (Lipinski definition) is 2. The van der Waals surface area contributed by atoms with Crippen LogP contribution in [0.15, 0.2) is 54.6 Å². The average molecular weight is 338 g/mol. The number of rotatable bonds is 3. The third-order valence-corrected chi connectivity index (χ3v) is 3.38. The van der Waals surface area contributed by atoms with Crippen molar-refractivity contribution in [3.8, 4) is 0 Å². The Morgan fingerprint density at radius 2 is 1.65 bits per heavy atom. The second kappa shape index (κ2) is 5.82. The van der Waals surface area contributed by atoms with Crippen LogP contribution in [0.4, 0.5) is 0 Å². The third kappa shape index (κ3) is 3.30. The van der Waals surface area contributed by atoms with E-state index in [0.29, 0.717) is 12.2 Å². The zero-order valence-electron chi connectivity index (χ0n) is 9.10. The molecule has 0 spiro atoms. The molecular formula is C14H11IO2. The van der Waals surface area contributed by atoms with Gasteiger partial charge in [-0.25, -0.2) is 4.79 Å². The van der Waals surface area contributed by atoms with Gasteiger partial charge >= 0.3 is 5.97 Å². The lowest BCUT2D eigenvalue weighted by Crippen LogP contribution is -2.05. The predicted molar refractivity (Wildman–Crippen MR) is 74.7 cm³/mol. The van der Waals surface area contributed by atoms with Crippen LogP contribution in [0.2, 0.25) is 0 Å². The number of hydrogen-bond donors (Lipinski definition) is 0. The molecule has 3 heteroatoms. The average Bonchev–Trinajstić information content (AvgIpc) is 2.38. The normalized spacial score (nSPS) is 9.94. The minimum atomic E-state index is -0.287. The molecule has 0 aliphatic rings. The Morgan fingerprint density at radius 3 is 2.35 bits per heavy atom. The highest BCUT2D eigenvalue weighted by atomic mass is 127. The Bertz CT molecular complexity index is 509. The summed E-state index contributed by atoms with van der Waals surface area (Å²) in [7, 11) is 0. The summed E-state index contributed by atoms with van der Waals surface area (Å²) in [5.74, 6) is -0.287. The number of esters is 1. The number of carbonyl (C=O) groups excluding carboxylic acids is 1. The van der Waals surface area contributed by atoms with Gasteiger partial charge in [-0.15, -0.1) is 0 Å². The molecule has 2 rings (SSSR count). The third-order valence-electron chi connectivity index (χ3n) is 2.33. The molecule has 0 aromatic heterocycles. The van der Waals surface area contributed by atoms with Gasteiger partial charge in [0.15, 0.2) is 0 Å². The molecule has 0 saturated carbocycles. The van der Waals surface area contributed by atoms with Gasteiger partial charge in [-0.2, -0.15) is 0 Å². The van der Waals surface area contributed by atoms with E-state index in [1.165, 1.54) is 0 Å². The van der Waals surface area contributed by atoms with Crippen molar-refractivity contribution >= 4 is 28.6 Å². The van der Waals surface area contributed by atoms with Crippen LogP contribution in [0.3, 0.4) is 0 Å². The SMILES string of the molecule is O=C(OCc1ccccc1I)c1ccccc1. The molecule has 0 radical (unpaired) electrons. The molecule has 2 aromatic rings. The Balaban J connectivity index is 2.00. The summed E-state index contributed by atoms with van der Waals surface area (Å²) in [6.45, 7) is 0.312. The summed E-state index contributed by atoms with van der Waals surface area (Å²) in [5.41, 5.74) is 1.61. The van der Waals surface area contributed by atoms with Gasteiger partial charge in [0.1, 0.15) is 6.61 Å². The summed E-state index contributed by atoms with van der Waals surface area (Å²) < 4.78 is 6.35. The molecule has 0 N–H and O–H groups in total. The van der Waals surface area contributed by atoms with E-state index >= 15 is 0 Å². The van der Waals surface area contributed by atoms with Crippen molar-refractivity contribution < 1.29 is 9.53 Å². The van der Waals surface area contributed by atoms with E-state index < -0.39 is 0 Å².